The lowest BCUT2D eigenvalue weighted by Gasteiger charge is -2.12. The van der Waals surface area contributed by atoms with Crippen molar-refractivity contribution in [3.8, 4) is 17.1 Å². The molecule has 0 saturated carbocycles. The van der Waals surface area contributed by atoms with Gasteiger partial charge in [-0.05, 0) is 48.9 Å². The van der Waals surface area contributed by atoms with Crippen LogP contribution >= 0.6 is 22.9 Å². The normalized spacial score (nSPS) is 12.2. The van der Waals surface area contributed by atoms with Crippen molar-refractivity contribution in [2.24, 2.45) is 0 Å². The predicted molar refractivity (Wildman–Crippen MR) is 179 cm³/mol. The van der Waals surface area contributed by atoms with Crippen molar-refractivity contribution < 1.29 is 13.2 Å². The zero-order valence-corrected chi connectivity index (χ0v) is 26.6. The van der Waals surface area contributed by atoms with Gasteiger partial charge in [0.15, 0.2) is 9.84 Å². The number of halogens is 1. The van der Waals surface area contributed by atoms with Gasteiger partial charge in [0.25, 0.3) is 0 Å². The summed E-state index contributed by atoms with van der Waals surface area (Å²) in [6.07, 6.45) is 3.18. The quantitative estimate of drug-likeness (QED) is 0.140. The zero-order chi connectivity index (χ0) is 31.2. The van der Waals surface area contributed by atoms with Crippen LogP contribution in [0.1, 0.15) is 23.5 Å². The van der Waals surface area contributed by atoms with E-state index in [-0.39, 0.29) is 11.8 Å². The Labute approximate surface area is 270 Å². The summed E-state index contributed by atoms with van der Waals surface area (Å²) in [5.74, 6) is 1.18. The first kappa shape index (κ1) is 30.6. The van der Waals surface area contributed by atoms with Crippen LogP contribution < -0.4 is 15.4 Å². The predicted octanol–water partition coefficient (Wildman–Crippen LogP) is 7.25. The molecule has 9 nitrogen and oxygen atoms in total. The number of anilines is 2. The van der Waals surface area contributed by atoms with Crippen LogP contribution in [0, 0.1) is 0 Å². The molecular weight excluding hydrogens is 628 g/mol. The van der Waals surface area contributed by atoms with Crippen LogP contribution in [0.4, 0.5) is 11.5 Å². The number of thiazole rings is 1. The third-order valence-electron chi connectivity index (χ3n) is 7.03. The molecule has 228 valence electrons. The third-order valence-corrected chi connectivity index (χ3v) is 10.1. The van der Waals surface area contributed by atoms with E-state index in [1.165, 1.54) is 17.7 Å². The molecule has 1 atom stereocenters. The second-order valence-electron chi connectivity index (χ2n) is 10.2. The van der Waals surface area contributed by atoms with Gasteiger partial charge in [0.05, 0.1) is 44.8 Å². The largest absolute Gasteiger partial charge is 0.487 e. The summed E-state index contributed by atoms with van der Waals surface area (Å²) >= 11 is 8.03. The summed E-state index contributed by atoms with van der Waals surface area (Å²) in [7, 11) is -3.36. The molecule has 12 heteroatoms. The number of hydrogen-bond acceptors (Lipinski definition) is 10. The molecule has 3 aromatic heterocycles. The van der Waals surface area contributed by atoms with Crippen LogP contribution in [0.2, 0.25) is 5.02 Å². The molecule has 0 saturated heterocycles. The maximum atomic E-state index is 12.6. The van der Waals surface area contributed by atoms with Crippen molar-refractivity contribution in [1.29, 1.82) is 0 Å². The number of aromatic nitrogens is 4. The van der Waals surface area contributed by atoms with Gasteiger partial charge in [0.1, 0.15) is 29.5 Å². The lowest BCUT2D eigenvalue weighted by atomic mass is 10.2. The van der Waals surface area contributed by atoms with E-state index in [1.807, 2.05) is 60.8 Å². The molecule has 0 fully saturated rings. The van der Waals surface area contributed by atoms with E-state index < -0.39 is 9.84 Å². The van der Waals surface area contributed by atoms with E-state index in [0.29, 0.717) is 51.5 Å². The minimum Gasteiger partial charge on any atom is -0.487 e. The molecule has 0 spiro atoms. The summed E-state index contributed by atoms with van der Waals surface area (Å²) < 4.78 is 31.1. The van der Waals surface area contributed by atoms with E-state index in [4.69, 9.17) is 21.3 Å². The molecule has 6 rings (SSSR count). The average Bonchev–Trinajstić information content (AvgIpc) is 3.56. The Morgan fingerprint density at radius 3 is 2.49 bits per heavy atom. The van der Waals surface area contributed by atoms with Crippen molar-refractivity contribution in [3.05, 3.63) is 118 Å². The standard InChI is InChI=1S/C33H29ClN6O3S2/c1-22(35-14-15-45(41,42)25-10-6-3-7-11-25)33-40-30(20-44-33)28-17-26-29(18-36-28)37-21-38-32(26)39-24-12-13-31(27(34)16-24)43-19-23-8-4-2-5-9-23/h2-13,16-18,20-22,35H,14-15,19H2,1H3,(H,37,38,39). The molecule has 0 amide bonds. The molecule has 3 heterocycles. The number of fused-ring (bicyclic) bond motifs is 1. The number of pyridine rings is 1. The summed E-state index contributed by atoms with van der Waals surface area (Å²) in [6, 6.07) is 25.6. The Kier molecular flexibility index (Phi) is 9.31. The maximum absolute atomic E-state index is 12.6. The zero-order valence-electron chi connectivity index (χ0n) is 24.2. The molecule has 0 bridgehead atoms. The van der Waals surface area contributed by atoms with Crippen LogP contribution in [0.3, 0.4) is 0 Å². The Morgan fingerprint density at radius 2 is 1.71 bits per heavy atom. The Morgan fingerprint density at radius 1 is 0.933 bits per heavy atom. The number of ether oxygens (including phenoxy) is 1. The van der Waals surface area contributed by atoms with E-state index in [2.05, 4.69) is 25.6 Å². The van der Waals surface area contributed by atoms with E-state index in [0.717, 1.165) is 21.6 Å². The summed E-state index contributed by atoms with van der Waals surface area (Å²) in [5.41, 5.74) is 3.86. The van der Waals surface area contributed by atoms with E-state index in [9.17, 15) is 8.42 Å². The number of hydrogen-bond donors (Lipinski definition) is 2. The highest BCUT2D eigenvalue weighted by Crippen LogP contribution is 2.32. The number of benzene rings is 3. The molecule has 0 aliphatic heterocycles. The summed E-state index contributed by atoms with van der Waals surface area (Å²) in [6.45, 7) is 2.69. The molecule has 0 aliphatic rings. The van der Waals surface area contributed by atoms with Crippen molar-refractivity contribution >= 4 is 55.2 Å². The topological polar surface area (TPSA) is 119 Å². The molecule has 1 unspecified atom stereocenters. The van der Waals surface area contributed by atoms with Crippen molar-refractivity contribution in [1.82, 2.24) is 25.3 Å². The fourth-order valence-corrected chi connectivity index (χ4v) is 6.89. The Bertz CT molecular complexity index is 2030. The first-order valence-corrected chi connectivity index (χ1v) is 17.1. The molecule has 0 aliphatic carbocycles. The summed E-state index contributed by atoms with van der Waals surface area (Å²) in [5, 5.41) is 10.6. The molecule has 6 aromatic rings. The van der Waals surface area contributed by atoms with Crippen LogP contribution in [-0.2, 0) is 16.4 Å². The van der Waals surface area contributed by atoms with E-state index >= 15 is 0 Å². The van der Waals surface area contributed by atoms with Gasteiger partial charge >= 0.3 is 0 Å². The average molecular weight is 657 g/mol. The lowest BCUT2D eigenvalue weighted by Crippen LogP contribution is -2.25. The molecule has 2 N–H and O–H groups in total. The number of rotatable bonds is 12. The van der Waals surface area contributed by atoms with Crippen LogP contribution in [-0.4, -0.2) is 40.7 Å². The van der Waals surface area contributed by atoms with Gasteiger partial charge in [0.2, 0.25) is 0 Å². The highest BCUT2D eigenvalue weighted by molar-refractivity contribution is 7.91. The Hall–Kier alpha value is -4.42. The number of sulfone groups is 1. The molecule has 3 aromatic carbocycles. The second kappa shape index (κ2) is 13.7. The lowest BCUT2D eigenvalue weighted by molar-refractivity contribution is 0.306. The van der Waals surface area contributed by atoms with Gasteiger partial charge in [0, 0.05) is 23.0 Å². The maximum Gasteiger partial charge on any atom is 0.179 e. The fourth-order valence-electron chi connectivity index (χ4n) is 4.61. The van der Waals surface area contributed by atoms with Crippen LogP contribution in [0.5, 0.6) is 5.75 Å². The third kappa shape index (κ3) is 7.46. The molecular formula is C33H29ClN6O3S2. The molecule has 45 heavy (non-hydrogen) atoms. The van der Waals surface area contributed by atoms with Crippen LogP contribution in [0.15, 0.2) is 108 Å². The summed E-state index contributed by atoms with van der Waals surface area (Å²) in [4.78, 5) is 18.5. The number of nitrogens with one attached hydrogen (secondary N) is 2. The first-order valence-electron chi connectivity index (χ1n) is 14.2. The molecule has 0 radical (unpaired) electrons. The fraction of sp³-hybridized carbons (Fsp3) is 0.152. The minimum atomic E-state index is -3.36. The van der Waals surface area contributed by atoms with Gasteiger partial charge in [-0.2, -0.15) is 0 Å². The highest BCUT2D eigenvalue weighted by atomic mass is 35.5. The highest BCUT2D eigenvalue weighted by Gasteiger charge is 2.17. The first-order chi connectivity index (χ1) is 21.9. The minimum absolute atomic E-state index is 0.00373. The monoisotopic (exact) mass is 656 g/mol. The van der Waals surface area contributed by atoms with Gasteiger partial charge in [-0.25, -0.2) is 23.4 Å². The number of nitrogens with zero attached hydrogens (tertiary/aromatic N) is 4. The van der Waals surface area contributed by atoms with Gasteiger partial charge in [-0.3, -0.25) is 4.98 Å². The van der Waals surface area contributed by atoms with Gasteiger partial charge < -0.3 is 15.4 Å². The smallest absolute Gasteiger partial charge is 0.179 e. The van der Waals surface area contributed by atoms with Crippen molar-refractivity contribution in [2.45, 2.75) is 24.5 Å². The van der Waals surface area contributed by atoms with Crippen molar-refractivity contribution in [2.75, 3.05) is 17.6 Å². The van der Waals surface area contributed by atoms with E-state index in [1.54, 1.807) is 42.6 Å². The second-order valence-corrected chi connectivity index (χ2v) is 13.6. The van der Waals surface area contributed by atoms with Crippen LogP contribution in [0.25, 0.3) is 22.3 Å². The Balaban J connectivity index is 1.13. The van der Waals surface area contributed by atoms with Gasteiger partial charge in [-0.1, -0.05) is 60.1 Å². The van der Waals surface area contributed by atoms with Crippen molar-refractivity contribution in [3.63, 3.8) is 0 Å². The SMILES string of the molecule is CC(NCCS(=O)(=O)c1ccccc1)c1nc(-c2cc3c(Nc4ccc(OCc5ccccc5)c(Cl)c4)ncnc3cn2)cs1. The van der Waals surface area contributed by atoms with Gasteiger partial charge in [-0.15, -0.1) is 11.3 Å².